The van der Waals surface area contributed by atoms with Crippen LogP contribution in [0.1, 0.15) is 50.6 Å². The number of nitrogens with two attached hydrogens (primary N) is 1. The molecule has 3 heteroatoms. The van der Waals surface area contributed by atoms with Crippen molar-refractivity contribution in [2.24, 2.45) is 5.73 Å². The van der Waals surface area contributed by atoms with Gasteiger partial charge in [-0.25, -0.2) is 0 Å². The van der Waals surface area contributed by atoms with Gasteiger partial charge < -0.3 is 15.2 Å². The smallest absolute Gasteiger partial charge is 0.119 e. The molecule has 2 aliphatic rings. The fourth-order valence-corrected chi connectivity index (χ4v) is 3.05. The fourth-order valence-electron chi connectivity index (χ4n) is 3.05. The number of hydrogen-bond donors (Lipinski definition) is 1. The second-order valence-corrected chi connectivity index (χ2v) is 5.98. The van der Waals surface area contributed by atoms with E-state index in [0.29, 0.717) is 6.10 Å². The third kappa shape index (κ3) is 2.77. The molecule has 2 fully saturated rings. The number of rotatable bonds is 3. The van der Waals surface area contributed by atoms with Gasteiger partial charge in [-0.3, -0.25) is 0 Å². The van der Waals surface area contributed by atoms with Gasteiger partial charge in [0, 0.05) is 18.9 Å². The highest BCUT2D eigenvalue weighted by Gasteiger charge is 2.43. The first-order valence-corrected chi connectivity index (χ1v) is 7.33. The Kier molecular flexibility index (Phi) is 3.50. The Balaban J connectivity index is 1.61. The van der Waals surface area contributed by atoms with Crippen molar-refractivity contribution < 1.29 is 9.47 Å². The quantitative estimate of drug-likeness (QED) is 0.908. The standard InChI is InChI=1S/C16H23NO2/c1-12(17)13-3-5-14(6-4-13)19-15-7-10-18-16(11-15)8-2-9-16/h3-6,12,15H,2,7-11,17H2,1H3/t12-,15?/m0/s1. The lowest BCUT2D eigenvalue weighted by Gasteiger charge is -2.46. The van der Waals surface area contributed by atoms with Gasteiger partial charge in [0.2, 0.25) is 0 Å². The summed E-state index contributed by atoms with van der Waals surface area (Å²) in [5.41, 5.74) is 7.15. The molecule has 1 unspecified atom stereocenters. The molecule has 1 aromatic rings. The molecular weight excluding hydrogens is 238 g/mol. The molecule has 1 heterocycles. The van der Waals surface area contributed by atoms with Crippen molar-refractivity contribution in [3.8, 4) is 5.75 Å². The molecule has 2 atom stereocenters. The van der Waals surface area contributed by atoms with Crippen LogP contribution in [0.5, 0.6) is 5.75 Å². The summed E-state index contributed by atoms with van der Waals surface area (Å²) in [6.07, 6.45) is 6.05. The lowest BCUT2D eigenvalue weighted by atomic mass is 9.74. The van der Waals surface area contributed by atoms with Crippen molar-refractivity contribution >= 4 is 0 Å². The topological polar surface area (TPSA) is 44.5 Å². The molecule has 3 nitrogen and oxygen atoms in total. The molecule has 19 heavy (non-hydrogen) atoms. The summed E-state index contributed by atoms with van der Waals surface area (Å²) in [4.78, 5) is 0. The van der Waals surface area contributed by atoms with Crippen LogP contribution < -0.4 is 10.5 Å². The highest BCUT2D eigenvalue weighted by Crippen LogP contribution is 2.43. The molecule has 2 N–H and O–H groups in total. The number of ether oxygens (including phenoxy) is 2. The van der Waals surface area contributed by atoms with Crippen LogP contribution in [0.25, 0.3) is 0 Å². The van der Waals surface area contributed by atoms with Gasteiger partial charge in [0.15, 0.2) is 0 Å². The first-order chi connectivity index (χ1) is 9.17. The fraction of sp³-hybridized carbons (Fsp3) is 0.625. The normalized spacial score (nSPS) is 26.7. The summed E-state index contributed by atoms with van der Waals surface area (Å²) in [6, 6.07) is 8.25. The van der Waals surface area contributed by atoms with Crippen LogP contribution in [0.2, 0.25) is 0 Å². The van der Waals surface area contributed by atoms with Gasteiger partial charge in [0.25, 0.3) is 0 Å². The Morgan fingerprint density at radius 2 is 2.05 bits per heavy atom. The minimum Gasteiger partial charge on any atom is -0.490 e. The maximum absolute atomic E-state index is 6.10. The zero-order chi connectivity index (χ0) is 13.3. The molecular formula is C16H23NO2. The van der Waals surface area contributed by atoms with E-state index in [4.69, 9.17) is 15.2 Å². The first-order valence-electron chi connectivity index (χ1n) is 7.33. The van der Waals surface area contributed by atoms with Gasteiger partial charge in [-0.05, 0) is 43.9 Å². The van der Waals surface area contributed by atoms with Gasteiger partial charge in [-0.1, -0.05) is 12.1 Å². The van der Waals surface area contributed by atoms with E-state index in [1.54, 1.807) is 0 Å². The Morgan fingerprint density at radius 1 is 1.32 bits per heavy atom. The lowest BCUT2D eigenvalue weighted by molar-refractivity contribution is -0.153. The maximum atomic E-state index is 6.10. The molecule has 1 spiro atoms. The van der Waals surface area contributed by atoms with E-state index < -0.39 is 0 Å². The van der Waals surface area contributed by atoms with Gasteiger partial charge in [0.05, 0.1) is 12.2 Å². The summed E-state index contributed by atoms with van der Waals surface area (Å²) in [5, 5.41) is 0. The Hall–Kier alpha value is -1.06. The SMILES string of the molecule is C[C@H](N)c1ccc(OC2CCOC3(CCC3)C2)cc1. The zero-order valence-corrected chi connectivity index (χ0v) is 11.6. The van der Waals surface area contributed by atoms with Crippen molar-refractivity contribution in [1.82, 2.24) is 0 Å². The largest absolute Gasteiger partial charge is 0.490 e. The minimum absolute atomic E-state index is 0.0791. The van der Waals surface area contributed by atoms with E-state index in [0.717, 1.165) is 30.8 Å². The van der Waals surface area contributed by atoms with Crippen molar-refractivity contribution in [3.63, 3.8) is 0 Å². The summed E-state index contributed by atoms with van der Waals surface area (Å²) >= 11 is 0. The second-order valence-electron chi connectivity index (χ2n) is 5.98. The van der Waals surface area contributed by atoms with E-state index >= 15 is 0 Å². The maximum Gasteiger partial charge on any atom is 0.119 e. The summed E-state index contributed by atoms with van der Waals surface area (Å²) in [6.45, 7) is 2.83. The minimum atomic E-state index is 0.0791. The molecule has 1 aromatic carbocycles. The van der Waals surface area contributed by atoms with Gasteiger partial charge >= 0.3 is 0 Å². The highest BCUT2D eigenvalue weighted by atomic mass is 16.5. The monoisotopic (exact) mass is 261 g/mol. The third-order valence-electron chi connectivity index (χ3n) is 4.42. The van der Waals surface area contributed by atoms with Crippen molar-refractivity contribution in [3.05, 3.63) is 29.8 Å². The van der Waals surface area contributed by atoms with Crippen molar-refractivity contribution in [1.29, 1.82) is 0 Å². The molecule has 1 saturated heterocycles. The lowest BCUT2D eigenvalue weighted by Crippen LogP contribution is -2.48. The zero-order valence-electron chi connectivity index (χ0n) is 11.6. The second kappa shape index (κ2) is 5.14. The van der Waals surface area contributed by atoms with Crippen LogP contribution in [0.4, 0.5) is 0 Å². The predicted molar refractivity (Wildman–Crippen MR) is 75.2 cm³/mol. The molecule has 104 valence electrons. The number of hydrogen-bond acceptors (Lipinski definition) is 3. The summed E-state index contributed by atoms with van der Waals surface area (Å²) < 4.78 is 12.0. The Bertz CT molecular complexity index is 423. The van der Waals surface area contributed by atoms with E-state index in [1.165, 1.54) is 19.3 Å². The molecule has 3 rings (SSSR count). The molecule has 1 saturated carbocycles. The molecule has 1 aliphatic heterocycles. The van der Waals surface area contributed by atoms with Gasteiger partial charge in [-0.15, -0.1) is 0 Å². The van der Waals surface area contributed by atoms with Crippen LogP contribution in [-0.4, -0.2) is 18.3 Å². The molecule has 0 aromatic heterocycles. The van der Waals surface area contributed by atoms with Crippen LogP contribution in [0, 0.1) is 0 Å². The van der Waals surface area contributed by atoms with Crippen LogP contribution >= 0.6 is 0 Å². The van der Waals surface area contributed by atoms with Gasteiger partial charge in [-0.2, -0.15) is 0 Å². The van der Waals surface area contributed by atoms with Crippen LogP contribution in [-0.2, 0) is 4.74 Å². The van der Waals surface area contributed by atoms with Gasteiger partial charge in [0.1, 0.15) is 11.9 Å². The van der Waals surface area contributed by atoms with Crippen molar-refractivity contribution in [2.75, 3.05) is 6.61 Å². The third-order valence-corrected chi connectivity index (χ3v) is 4.42. The highest BCUT2D eigenvalue weighted by molar-refractivity contribution is 5.29. The van der Waals surface area contributed by atoms with Crippen LogP contribution in [0.15, 0.2) is 24.3 Å². The predicted octanol–water partition coefficient (Wildman–Crippen LogP) is 3.19. The molecule has 1 aliphatic carbocycles. The molecule has 0 radical (unpaired) electrons. The van der Waals surface area contributed by atoms with E-state index in [-0.39, 0.29) is 11.6 Å². The average Bonchev–Trinajstić information content (AvgIpc) is 2.38. The Labute approximate surface area is 115 Å². The van der Waals surface area contributed by atoms with E-state index in [9.17, 15) is 0 Å². The summed E-state index contributed by atoms with van der Waals surface area (Å²) in [5.74, 6) is 0.950. The molecule has 0 bridgehead atoms. The van der Waals surface area contributed by atoms with Crippen LogP contribution in [0.3, 0.4) is 0 Å². The summed E-state index contributed by atoms with van der Waals surface area (Å²) in [7, 11) is 0. The first kappa shape index (κ1) is 12.9. The van der Waals surface area contributed by atoms with E-state index in [1.807, 2.05) is 19.1 Å². The molecule has 0 amide bonds. The number of benzene rings is 1. The average molecular weight is 261 g/mol. The van der Waals surface area contributed by atoms with Crippen molar-refractivity contribution in [2.45, 2.75) is 56.8 Å². The Morgan fingerprint density at radius 3 is 2.63 bits per heavy atom. The van der Waals surface area contributed by atoms with E-state index in [2.05, 4.69) is 12.1 Å².